The van der Waals surface area contributed by atoms with E-state index in [1.165, 1.54) is 11.3 Å². The van der Waals surface area contributed by atoms with Crippen molar-refractivity contribution in [2.45, 2.75) is 27.7 Å². The quantitative estimate of drug-likeness (QED) is 0.861. The lowest BCUT2D eigenvalue weighted by Gasteiger charge is -2.17. The molecule has 0 aliphatic rings. The molecule has 2 N–H and O–H groups in total. The number of aryl methyl sites for hydroxylation is 1. The highest BCUT2D eigenvalue weighted by molar-refractivity contribution is 7.13. The number of amides is 2. The van der Waals surface area contributed by atoms with Crippen molar-refractivity contribution in [2.75, 3.05) is 11.9 Å². The van der Waals surface area contributed by atoms with Gasteiger partial charge in [-0.1, -0.05) is 20.8 Å². The summed E-state index contributed by atoms with van der Waals surface area (Å²) < 4.78 is 0. The molecule has 1 rings (SSSR count). The van der Waals surface area contributed by atoms with Gasteiger partial charge in [0.1, 0.15) is 0 Å². The van der Waals surface area contributed by atoms with Crippen LogP contribution >= 0.6 is 11.3 Å². The van der Waals surface area contributed by atoms with E-state index >= 15 is 0 Å². The third-order valence-corrected chi connectivity index (χ3v) is 2.83. The van der Waals surface area contributed by atoms with E-state index < -0.39 is 5.41 Å². The van der Waals surface area contributed by atoms with Gasteiger partial charge in [-0.05, 0) is 6.92 Å². The number of carbonyl (C=O) groups excluding carboxylic acids is 2. The molecule has 0 saturated heterocycles. The molecule has 0 atom stereocenters. The molecule has 0 aliphatic carbocycles. The van der Waals surface area contributed by atoms with Crippen LogP contribution < -0.4 is 10.6 Å². The number of anilines is 1. The fourth-order valence-electron chi connectivity index (χ4n) is 1.00. The van der Waals surface area contributed by atoms with E-state index in [4.69, 9.17) is 0 Å². The number of carbonyl (C=O) groups is 2. The van der Waals surface area contributed by atoms with Crippen LogP contribution in [0.1, 0.15) is 26.5 Å². The van der Waals surface area contributed by atoms with Crippen LogP contribution in [0, 0.1) is 12.3 Å². The molecule has 0 bridgehead atoms. The molecule has 0 aliphatic heterocycles. The van der Waals surface area contributed by atoms with E-state index in [0.29, 0.717) is 5.13 Å². The van der Waals surface area contributed by atoms with Gasteiger partial charge >= 0.3 is 0 Å². The minimum Gasteiger partial charge on any atom is -0.347 e. The minimum atomic E-state index is -0.488. The maximum Gasteiger partial charge on any atom is 0.245 e. The Labute approximate surface area is 105 Å². The Morgan fingerprint density at radius 2 is 2.06 bits per heavy atom. The van der Waals surface area contributed by atoms with Crippen LogP contribution in [0.4, 0.5) is 5.13 Å². The molecule has 17 heavy (non-hydrogen) atoms. The normalized spacial score (nSPS) is 11.1. The van der Waals surface area contributed by atoms with Crippen LogP contribution in [0.5, 0.6) is 0 Å². The van der Waals surface area contributed by atoms with Crippen LogP contribution in [0.25, 0.3) is 0 Å². The van der Waals surface area contributed by atoms with Crippen LogP contribution in [-0.4, -0.2) is 23.3 Å². The summed E-state index contributed by atoms with van der Waals surface area (Å²) in [5.41, 5.74) is 0.377. The Balaban J connectivity index is 2.39. The Morgan fingerprint density at radius 3 is 2.53 bits per heavy atom. The average molecular weight is 255 g/mol. The number of nitrogens with one attached hydrogen (secondary N) is 2. The zero-order chi connectivity index (χ0) is 13.1. The van der Waals surface area contributed by atoms with Gasteiger partial charge in [0.25, 0.3) is 0 Å². The fraction of sp³-hybridized carbons (Fsp3) is 0.545. The lowest BCUT2D eigenvalue weighted by molar-refractivity contribution is -0.130. The molecular weight excluding hydrogens is 238 g/mol. The van der Waals surface area contributed by atoms with E-state index in [-0.39, 0.29) is 18.4 Å². The Hall–Kier alpha value is -1.43. The molecule has 0 unspecified atom stereocenters. The molecule has 6 heteroatoms. The second-order valence-electron chi connectivity index (χ2n) is 4.77. The maximum atomic E-state index is 11.5. The highest BCUT2D eigenvalue weighted by Crippen LogP contribution is 2.14. The number of aromatic nitrogens is 1. The summed E-state index contributed by atoms with van der Waals surface area (Å²) >= 11 is 1.36. The molecule has 5 nitrogen and oxygen atoms in total. The number of nitrogens with zero attached hydrogens (tertiary/aromatic N) is 1. The van der Waals surface area contributed by atoms with Gasteiger partial charge in [-0.2, -0.15) is 0 Å². The summed E-state index contributed by atoms with van der Waals surface area (Å²) in [6.07, 6.45) is 0. The van der Waals surface area contributed by atoms with Crippen molar-refractivity contribution in [3.63, 3.8) is 0 Å². The van der Waals surface area contributed by atoms with Crippen molar-refractivity contribution >= 4 is 28.3 Å². The lowest BCUT2D eigenvalue weighted by Crippen LogP contribution is -2.39. The number of hydrogen-bond acceptors (Lipinski definition) is 4. The van der Waals surface area contributed by atoms with Gasteiger partial charge in [-0.3, -0.25) is 9.59 Å². The molecule has 0 saturated carbocycles. The van der Waals surface area contributed by atoms with Gasteiger partial charge in [0.15, 0.2) is 5.13 Å². The summed E-state index contributed by atoms with van der Waals surface area (Å²) in [4.78, 5) is 27.1. The SMILES string of the molecule is Cc1csc(NC(=O)CNC(=O)C(C)(C)C)n1. The van der Waals surface area contributed by atoms with E-state index in [9.17, 15) is 9.59 Å². The zero-order valence-electron chi connectivity index (χ0n) is 10.5. The minimum absolute atomic E-state index is 0.0330. The molecule has 0 aromatic carbocycles. The van der Waals surface area contributed by atoms with Crippen LogP contribution in [0.2, 0.25) is 0 Å². The summed E-state index contributed by atoms with van der Waals surface area (Å²) in [5, 5.41) is 7.60. The van der Waals surface area contributed by atoms with E-state index in [1.807, 2.05) is 12.3 Å². The number of rotatable bonds is 3. The van der Waals surface area contributed by atoms with Gasteiger partial charge in [0.05, 0.1) is 12.2 Å². The molecule has 1 aromatic heterocycles. The fourth-order valence-corrected chi connectivity index (χ4v) is 1.70. The highest BCUT2D eigenvalue weighted by Gasteiger charge is 2.21. The molecule has 1 heterocycles. The van der Waals surface area contributed by atoms with Crippen molar-refractivity contribution in [3.05, 3.63) is 11.1 Å². The molecule has 94 valence electrons. The van der Waals surface area contributed by atoms with Gasteiger partial charge in [0.2, 0.25) is 11.8 Å². The Kier molecular flexibility index (Phi) is 4.22. The smallest absolute Gasteiger partial charge is 0.245 e. The van der Waals surface area contributed by atoms with Crippen molar-refractivity contribution in [2.24, 2.45) is 5.41 Å². The third kappa shape index (κ3) is 4.52. The van der Waals surface area contributed by atoms with Gasteiger partial charge in [-0.15, -0.1) is 11.3 Å². The van der Waals surface area contributed by atoms with Crippen molar-refractivity contribution in [1.29, 1.82) is 0 Å². The van der Waals surface area contributed by atoms with Crippen molar-refractivity contribution in [3.8, 4) is 0 Å². The van der Waals surface area contributed by atoms with Gasteiger partial charge < -0.3 is 10.6 Å². The third-order valence-electron chi connectivity index (χ3n) is 1.96. The van der Waals surface area contributed by atoms with Crippen LogP contribution in [-0.2, 0) is 9.59 Å². The van der Waals surface area contributed by atoms with Crippen molar-refractivity contribution < 1.29 is 9.59 Å². The topological polar surface area (TPSA) is 71.1 Å². The first-order chi connectivity index (χ1) is 7.79. The lowest BCUT2D eigenvalue weighted by atomic mass is 9.96. The number of hydrogen-bond donors (Lipinski definition) is 2. The van der Waals surface area contributed by atoms with Gasteiger partial charge in [-0.25, -0.2) is 4.98 Å². The predicted molar refractivity (Wildman–Crippen MR) is 67.9 cm³/mol. The molecule has 2 amide bonds. The standard InChI is InChI=1S/C11H17N3O2S/c1-7-6-17-10(13-7)14-8(15)5-12-9(16)11(2,3)4/h6H,5H2,1-4H3,(H,12,16)(H,13,14,15). The first-order valence-corrected chi connectivity index (χ1v) is 6.17. The number of thiazole rings is 1. The first-order valence-electron chi connectivity index (χ1n) is 5.29. The average Bonchev–Trinajstić information content (AvgIpc) is 2.58. The molecule has 1 aromatic rings. The van der Waals surface area contributed by atoms with Crippen LogP contribution in [0.15, 0.2) is 5.38 Å². The summed E-state index contributed by atoms with van der Waals surface area (Å²) in [6.45, 7) is 7.21. The first kappa shape index (κ1) is 13.6. The van der Waals surface area contributed by atoms with Crippen LogP contribution in [0.3, 0.4) is 0 Å². The van der Waals surface area contributed by atoms with Gasteiger partial charge in [0, 0.05) is 10.8 Å². The van der Waals surface area contributed by atoms with E-state index in [0.717, 1.165) is 5.69 Å². The largest absolute Gasteiger partial charge is 0.347 e. The monoisotopic (exact) mass is 255 g/mol. The Morgan fingerprint density at radius 1 is 1.41 bits per heavy atom. The second kappa shape index (κ2) is 5.27. The zero-order valence-corrected chi connectivity index (χ0v) is 11.3. The molecular formula is C11H17N3O2S. The summed E-state index contributed by atoms with van der Waals surface area (Å²) in [5.74, 6) is -0.417. The van der Waals surface area contributed by atoms with Crippen molar-refractivity contribution in [1.82, 2.24) is 10.3 Å². The molecule has 0 fully saturated rings. The Bertz CT molecular complexity index is 421. The highest BCUT2D eigenvalue weighted by atomic mass is 32.1. The molecule has 0 radical (unpaired) electrons. The van der Waals surface area contributed by atoms with E-state index in [2.05, 4.69) is 15.6 Å². The predicted octanol–water partition coefficient (Wildman–Crippen LogP) is 1.55. The molecule has 0 spiro atoms. The second-order valence-corrected chi connectivity index (χ2v) is 5.63. The maximum absolute atomic E-state index is 11.5. The van der Waals surface area contributed by atoms with E-state index in [1.54, 1.807) is 20.8 Å². The summed E-state index contributed by atoms with van der Waals surface area (Å²) in [7, 11) is 0. The summed E-state index contributed by atoms with van der Waals surface area (Å²) in [6, 6.07) is 0.